The molecule has 104 valence electrons. The molecule has 19 heavy (non-hydrogen) atoms. The fourth-order valence-electron chi connectivity index (χ4n) is 2.56. The minimum absolute atomic E-state index is 0.0920. The second-order valence-electron chi connectivity index (χ2n) is 5.03. The lowest BCUT2D eigenvalue weighted by Crippen LogP contribution is -2.45. The third kappa shape index (κ3) is 3.52. The van der Waals surface area contributed by atoms with Crippen LogP contribution in [0.2, 0.25) is 0 Å². The number of rotatable bonds is 4. The van der Waals surface area contributed by atoms with Crippen LogP contribution in [0.4, 0.5) is 0 Å². The van der Waals surface area contributed by atoms with Crippen molar-refractivity contribution in [3.8, 4) is 0 Å². The maximum atomic E-state index is 12.4. The van der Waals surface area contributed by atoms with Gasteiger partial charge in [-0.2, -0.15) is 0 Å². The minimum Gasteiger partial charge on any atom is -0.344 e. The molecule has 1 atom stereocenters. The molecule has 2 N–H and O–H groups in total. The maximum Gasteiger partial charge on any atom is 0.239 e. The summed E-state index contributed by atoms with van der Waals surface area (Å²) in [4.78, 5) is 20.4. The first-order valence-electron chi connectivity index (χ1n) is 6.80. The third-order valence-electron chi connectivity index (χ3n) is 3.62. The molecule has 1 aliphatic heterocycles. The van der Waals surface area contributed by atoms with Crippen molar-refractivity contribution < 1.29 is 4.79 Å². The molecule has 5 heteroatoms. The number of amides is 1. The van der Waals surface area contributed by atoms with E-state index in [1.54, 1.807) is 12.4 Å². The molecule has 2 rings (SSSR count). The Morgan fingerprint density at radius 3 is 2.79 bits per heavy atom. The van der Waals surface area contributed by atoms with Crippen molar-refractivity contribution in [3.05, 3.63) is 30.1 Å². The lowest BCUT2D eigenvalue weighted by atomic mass is 10.1. The Balaban J connectivity index is 2.13. The Morgan fingerprint density at radius 2 is 2.11 bits per heavy atom. The largest absolute Gasteiger partial charge is 0.344 e. The molecule has 0 saturated carbocycles. The highest BCUT2D eigenvalue weighted by atomic mass is 16.2. The summed E-state index contributed by atoms with van der Waals surface area (Å²) >= 11 is 0. The molecule has 1 aromatic rings. The molecule has 0 radical (unpaired) electrons. The molecule has 0 aromatic carbocycles. The van der Waals surface area contributed by atoms with E-state index < -0.39 is 0 Å². The van der Waals surface area contributed by atoms with Crippen molar-refractivity contribution in [2.45, 2.75) is 25.4 Å². The van der Waals surface area contributed by atoms with Crippen LogP contribution in [0.5, 0.6) is 0 Å². The van der Waals surface area contributed by atoms with E-state index in [-0.39, 0.29) is 11.9 Å². The number of carbonyl (C=O) groups is 1. The Bertz CT molecular complexity index is 409. The fourth-order valence-corrected chi connectivity index (χ4v) is 2.56. The Kier molecular flexibility index (Phi) is 4.87. The molecule has 5 nitrogen and oxygen atoms in total. The van der Waals surface area contributed by atoms with Gasteiger partial charge in [-0.15, -0.1) is 0 Å². The van der Waals surface area contributed by atoms with E-state index >= 15 is 0 Å². The summed E-state index contributed by atoms with van der Waals surface area (Å²) in [7, 11) is 1.88. The Hall–Kier alpha value is -1.46. The van der Waals surface area contributed by atoms with E-state index in [1.807, 2.05) is 24.1 Å². The monoisotopic (exact) mass is 262 g/mol. The van der Waals surface area contributed by atoms with E-state index in [2.05, 4.69) is 9.88 Å². The molecule has 1 aromatic heterocycles. The highest BCUT2D eigenvalue weighted by molar-refractivity contribution is 5.81. The first kappa shape index (κ1) is 14.0. The van der Waals surface area contributed by atoms with E-state index in [0.29, 0.717) is 13.0 Å². The Labute approximate surface area is 114 Å². The quantitative estimate of drug-likeness (QED) is 0.856. The molecular formula is C14H22N4O. The van der Waals surface area contributed by atoms with Gasteiger partial charge in [-0.25, -0.2) is 0 Å². The number of pyridine rings is 1. The number of hydrogen-bond acceptors (Lipinski definition) is 4. The summed E-state index contributed by atoms with van der Waals surface area (Å²) in [6.45, 7) is 3.08. The van der Waals surface area contributed by atoms with Gasteiger partial charge in [-0.05, 0) is 37.1 Å². The lowest BCUT2D eigenvalue weighted by molar-refractivity contribution is -0.134. The predicted molar refractivity (Wildman–Crippen MR) is 74.4 cm³/mol. The van der Waals surface area contributed by atoms with Crippen LogP contribution in [0.25, 0.3) is 0 Å². The molecule has 2 heterocycles. The second-order valence-corrected chi connectivity index (χ2v) is 5.03. The van der Waals surface area contributed by atoms with Gasteiger partial charge in [0.1, 0.15) is 0 Å². The topological polar surface area (TPSA) is 62.5 Å². The van der Waals surface area contributed by atoms with Gasteiger partial charge in [0, 0.05) is 39.1 Å². The van der Waals surface area contributed by atoms with Gasteiger partial charge >= 0.3 is 0 Å². The van der Waals surface area contributed by atoms with Crippen LogP contribution in [0.3, 0.4) is 0 Å². The molecule has 1 aliphatic rings. The maximum absolute atomic E-state index is 12.4. The highest BCUT2D eigenvalue weighted by Crippen LogP contribution is 2.16. The van der Waals surface area contributed by atoms with Crippen molar-refractivity contribution in [3.63, 3.8) is 0 Å². The van der Waals surface area contributed by atoms with Gasteiger partial charge < -0.3 is 10.6 Å². The van der Waals surface area contributed by atoms with Crippen LogP contribution >= 0.6 is 0 Å². The zero-order chi connectivity index (χ0) is 13.7. The van der Waals surface area contributed by atoms with Gasteiger partial charge in [0.15, 0.2) is 0 Å². The SMILES string of the molecule is CN1CCCN(Cc2ccncc2)C(CCN)C1=O. The number of likely N-dealkylation sites (N-methyl/N-ethyl adjacent to an activating group) is 1. The minimum atomic E-state index is -0.0920. The van der Waals surface area contributed by atoms with Crippen molar-refractivity contribution in [1.82, 2.24) is 14.8 Å². The second kappa shape index (κ2) is 6.63. The predicted octanol–water partition coefficient (Wildman–Crippen LogP) is 0.463. The van der Waals surface area contributed by atoms with Gasteiger partial charge in [0.2, 0.25) is 5.91 Å². The molecule has 1 amide bonds. The van der Waals surface area contributed by atoms with E-state index in [1.165, 1.54) is 5.56 Å². The number of carbonyl (C=O) groups excluding carboxylic acids is 1. The van der Waals surface area contributed by atoms with Crippen molar-refractivity contribution in [2.24, 2.45) is 5.73 Å². The number of hydrogen-bond donors (Lipinski definition) is 1. The van der Waals surface area contributed by atoms with Gasteiger partial charge in [-0.1, -0.05) is 0 Å². The molecular weight excluding hydrogens is 240 g/mol. The summed E-state index contributed by atoms with van der Waals surface area (Å²) in [5.41, 5.74) is 6.86. The van der Waals surface area contributed by atoms with Gasteiger partial charge in [0.25, 0.3) is 0 Å². The van der Waals surface area contributed by atoms with Crippen LogP contribution in [0.1, 0.15) is 18.4 Å². The van der Waals surface area contributed by atoms with Crippen LogP contribution in [-0.4, -0.2) is 53.4 Å². The van der Waals surface area contributed by atoms with Crippen molar-refractivity contribution in [1.29, 1.82) is 0 Å². The summed E-state index contributed by atoms with van der Waals surface area (Å²) in [6, 6.07) is 3.91. The Morgan fingerprint density at radius 1 is 1.37 bits per heavy atom. The summed E-state index contributed by atoms with van der Waals surface area (Å²) in [6.07, 6.45) is 5.31. The molecule has 1 fully saturated rings. The van der Waals surface area contributed by atoms with Crippen LogP contribution in [0, 0.1) is 0 Å². The first-order chi connectivity index (χ1) is 9.22. The number of nitrogens with two attached hydrogens (primary N) is 1. The smallest absolute Gasteiger partial charge is 0.239 e. The zero-order valence-electron chi connectivity index (χ0n) is 11.5. The van der Waals surface area contributed by atoms with E-state index in [9.17, 15) is 4.79 Å². The fraction of sp³-hybridized carbons (Fsp3) is 0.571. The van der Waals surface area contributed by atoms with Gasteiger partial charge in [-0.3, -0.25) is 14.7 Å². The third-order valence-corrected chi connectivity index (χ3v) is 3.62. The van der Waals surface area contributed by atoms with E-state index in [0.717, 1.165) is 26.1 Å². The number of nitrogens with zero attached hydrogens (tertiary/aromatic N) is 3. The summed E-state index contributed by atoms with van der Waals surface area (Å²) < 4.78 is 0. The first-order valence-corrected chi connectivity index (χ1v) is 6.80. The standard InChI is InChI=1S/C14H22N4O/c1-17-9-2-10-18(13(3-6-15)14(17)19)11-12-4-7-16-8-5-12/h4-5,7-8,13H,2-3,6,9-11,15H2,1H3. The van der Waals surface area contributed by atoms with Gasteiger partial charge in [0.05, 0.1) is 6.04 Å². The zero-order valence-corrected chi connectivity index (χ0v) is 11.5. The summed E-state index contributed by atoms with van der Waals surface area (Å²) in [5.74, 6) is 0.192. The summed E-state index contributed by atoms with van der Waals surface area (Å²) in [5, 5.41) is 0. The van der Waals surface area contributed by atoms with E-state index in [4.69, 9.17) is 5.73 Å². The van der Waals surface area contributed by atoms with Crippen molar-refractivity contribution >= 4 is 5.91 Å². The number of aromatic nitrogens is 1. The molecule has 0 aliphatic carbocycles. The van der Waals surface area contributed by atoms with Crippen molar-refractivity contribution in [2.75, 3.05) is 26.7 Å². The highest BCUT2D eigenvalue weighted by Gasteiger charge is 2.30. The molecule has 0 spiro atoms. The molecule has 0 bridgehead atoms. The molecule has 1 saturated heterocycles. The molecule has 1 unspecified atom stereocenters. The lowest BCUT2D eigenvalue weighted by Gasteiger charge is -2.29. The van der Waals surface area contributed by atoms with Crippen LogP contribution in [-0.2, 0) is 11.3 Å². The van der Waals surface area contributed by atoms with Crippen LogP contribution in [0.15, 0.2) is 24.5 Å². The van der Waals surface area contributed by atoms with Crippen LogP contribution < -0.4 is 5.73 Å². The normalized spacial score (nSPS) is 21.5. The average Bonchev–Trinajstić information content (AvgIpc) is 2.55. The average molecular weight is 262 g/mol.